The number of carbonyl (C=O) groups excluding carboxylic acids is 1. The third-order valence-electron chi connectivity index (χ3n) is 6.26. The van der Waals surface area contributed by atoms with Crippen LogP contribution >= 0.6 is 34.7 Å². The van der Waals surface area contributed by atoms with Gasteiger partial charge in [-0.25, -0.2) is 4.98 Å². The highest BCUT2D eigenvalue weighted by atomic mass is 35.5. The minimum absolute atomic E-state index is 0.297. The van der Waals surface area contributed by atoms with E-state index in [4.69, 9.17) is 21.3 Å². The van der Waals surface area contributed by atoms with Crippen molar-refractivity contribution in [2.24, 2.45) is 0 Å². The Morgan fingerprint density at radius 3 is 2.72 bits per heavy atom. The van der Waals surface area contributed by atoms with Gasteiger partial charge in [-0.05, 0) is 38.4 Å². The van der Waals surface area contributed by atoms with E-state index in [-0.39, 0.29) is 5.91 Å². The minimum atomic E-state index is -0.297. The smallest absolute Gasteiger partial charge is 0.248 e. The Morgan fingerprint density at radius 1 is 1.19 bits per heavy atom. The second-order valence-electron chi connectivity index (χ2n) is 9.62. The third-order valence-corrected chi connectivity index (χ3v) is 8.70. The number of hydrogen-bond acceptors (Lipinski definition) is 9. The van der Waals surface area contributed by atoms with E-state index in [1.807, 2.05) is 72.9 Å². The van der Waals surface area contributed by atoms with Gasteiger partial charge in [0.05, 0.1) is 40.3 Å². The molecule has 1 amide bonds. The molecule has 5 aromatic rings. The number of ether oxygens (including phenoxy) is 1. The molecule has 5 rings (SSSR count). The number of hydrogen-bond donors (Lipinski definition) is 2. The molecule has 0 aliphatic heterocycles. The fourth-order valence-corrected chi connectivity index (χ4v) is 6.28. The fourth-order valence-electron chi connectivity index (χ4n) is 4.20. The van der Waals surface area contributed by atoms with Crippen LogP contribution < -0.4 is 15.4 Å². The number of benzene rings is 3. The summed E-state index contributed by atoms with van der Waals surface area (Å²) in [7, 11) is 5.37. The van der Waals surface area contributed by atoms with Gasteiger partial charge in [0.15, 0.2) is 4.34 Å². The van der Waals surface area contributed by atoms with Gasteiger partial charge in [0, 0.05) is 51.8 Å². The Hall–Kier alpha value is -4.40. The van der Waals surface area contributed by atoms with Gasteiger partial charge in [-0.2, -0.15) is 5.26 Å². The molecule has 0 bridgehead atoms. The normalized spacial score (nSPS) is 11.2. The number of rotatable bonds is 10. The molecule has 216 valence electrons. The highest BCUT2D eigenvalue weighted by Crippen LogP contribution is 2.40. The van der Waals surface area contributed by atoms with Gasteiger partial charge in [0.25, 0.3) is 0 Å². The van der Waals surface area contributed by atoms with Crippen molar-refractivity contribution in [3.63, 3.8) is 0 Å². The molecule has 2 N–H and O–H groups in total. The van der Waals surface area contributed by atoms with Crippen LogP contribution in [0.2, 0.25) is 5.02 Å². The number of pyridine rings is 1. The number of amides is 1. The average molecular weight is 627 g/mol. The molecular formula is C32H27ClN6O2S2. The monoisotopic (exact) mass is 626 g/mol. The molecule has 2 heterocycles. The molecule has 0 unspecified atom stereocenters. The van der Waals surface area contributed by atoms with Crippen molar-refractivity contribution in [2.45, 2.75) is 9.24 Å². The summed E-state index contributed by atoms with van der Waals surface area (Å²) in [5, 5.41) is 19.3. The Kier molecular flexibility index (Phi) is 9.59. The first-order chi connectivity index (χ1) is 20.8. The maximum Gasteiger partial charge on any atom is 0.248 e. The van der Waals surface area contributed by atoms with Gasteiger partial charge in [0.1, 0.15) is 11.8 Å². The minimum Gasteiger partial charge on any atom is -0.494 e. The van der Waals surface area contributed by atoms with Crippen LogP contribution in [0.15, 0.2) is 93.6 Å². The maximum atomic E-state index is 12.6. The number of aromatic nitrogens is 2. The topological polar surface area (TPSA) is 103 Å². The maximum absolute atomic E-state index is 12.6. The van der Waals surface area contributed by atoms with Crippen LogP contribution in [0.4, 0.5) is 17.1 Å². The number of methoxy groups -OCH3 is 1. The Labute approximate surface area is 263 Å². The molecule has 0 atom stereocenters. The number of anilines is 3. The molecule has 0 saturated heterocycles. The first-order valence-electron chi connectivity index (χ1n) is 13.1. The molecule has 8 nitrogen and oxygen atoms in total. The Morgan fingerprint density at radius 2 is 2.00 bits per heavy atom. The van der Waals surface area contributed by atoms with Gasteiger partial charge in [-0.15, -0.1) is 11.3 Å². The summed E-state index contributed by atoms with van der Waals surface area (Å²) in [5.74, 6) is 0.154. The van der Waals surface area contributed by atoms with Gasteiger partial charge >= 0.3 is 0 Å². The zero-order valence-electron chi connectivity index (χ0n) is 23.6. The van der Waals surface area contributed by atoms with Crippen LogP contribution in [0.1, 0.15) is 5.56 Å². The zero-order chi connectivity index (χ0) is 30.3. The Bertz CT molecular complexity index is 1850. The summed E-state index contributed by atoms with van der Waals surface area (Å²) in [5.41, 5.74) is 4.61. The summed E-state index contributed by atoms with van der Waals surface area (Å²) < 4.78 is 6.40. The van der Waals surface area contributed by atoms with Crippen molar-refractivity contribution in [1.82, 2.24) is 14.9 Å². The highest BCUT2D eigenvalue weighted by molar-refractivity contribution is 8.01. The second-order valence-corrected chi connectivity index (χ2v) is 12.2. The molecule has 0 spiro atoms. The SMILES string of the molecule is COc1cc2ncc(C#N)c(Nc3ccc(Sc4nc(-c5ccccc5)cs4)c(Cl)c3)c2cc1NC(=O)C=CCN(C)C. The number of likely N-dealkylation sites (N-methyl/N-ethyl adjacent to an activating group) is 1. The van der Waals surface area contributed by atoms with Crippen molar-refractivity contribution in [3.05, 3.63) is 95.0 Å². The Balaban J connectivity index is 1.41. The number of nitriles is 1. The van der Waals surface area contributed by atoms with E-state index in [2.05, 4.69) is 21.7 Å². The van der Waals surface area contributed by atoms with E-state index >= 15 is 0 Å². The van der Waals surface area contributed by atoms with Crippen molar-refractivity contribution >= 4 is 68.6 Å². The molecule has 0 saturated carbocycles. The lowest BCUT2D eigenvalue weighted by Gasteiger charge is -2.15. The van der Waals surface area contributed by atoms with Crippen LogP contribution in [0.3, 0.4) is 0 Å². The largest absolute Gasteiger partial charge is 0.494 e. The van der Waals surface area contributed by atoms with Crippen LogP contribution in [-0.2, 0) is 4.79 Å². The number of fused-ring (bicyclic) bond motifs is 1. The molecule has 2 aromatic heterocycles. The van der Waals surface area contributed by atoms with Crippen LogP contribution in [0.5, 0.6) is 5.75 Å². The molecule has 43 heavy (non-hydrogen) atoms. The first-order valence-corrected chi connectivity index (χ1v) is 15.2. The van der Waals surface area contributed by atoms with Gasteiger partial charge in [-0.3, -0.25) is 9.78 Å². The van der Waals surface area contributed by atoms with Crippen LogP contribution in [0.25, 0.3) is 22.2 Å². The summed E-state index contributed by atoms with van der Waals surface area (Å²) in [6.45, 7) is 0.629. The van der Waals surface area contributed by atoms with Crippen LogP contribution in [0, 0.1) is 11.3 Å². The molecular weight excluding hydrogens is 600 g/mol. The second kappa shape index (κ2) is 13.7. The predicted molar refractivity (Wildman–Crippen MR) is 176 cm³/mol. The first kappa shape index (κ1) is 30.1. The molecule has 0 aliphatic rings. The molecule has 0 aliphatic carbocycles. The molecule has 3 aromatic carbocycles. The fraction of sp³-hybridized carbons (Fsp3) is 0.125. The number of halogens is 1. The zero-order valence-corrected chi connectivity index (χ0v) is 26.0. The van der Waals surface area contributed by atoms with Gasteiger partial charge in [0.2, 0.25) is 5.91 Å². The quantitative estimate of drug-likeness (QED) is 0.151. The average Bonchev–Trinajstić information content (AvgIpc) is 3.47. The van der Waals surface area contributed by atoms with Crippen LogP contribution in [-0.4, -0.2) is 48.5 Å². The lowest BCUT2D eigenvalue weighted by molar-refractivity contribution is -0.111. The standard InChI is InChI=1S/C32H27ClN6O2S2/c1-39(2)13-7-10-30(40)37-26-15-23-25(16-28(26)41-3)35-18-21(17-34)31(23)36-22-11-12-29(24(33)14-22)43-32-38-27(19-42-32)20-8-5-4-6-9-20/h4-12,14-16,18-19H,13H2,1-3H3,(H,35,36)(H,37,40). The summed E-state index contributed by atoms with van der Waals surface area (Å²) in [4.78, 5) is 24.6. The van der Waals surface area contributed by atoms with Gasteiger partial charge < -0.3 is 20.3 Å². The summed E-state index contributed by atoms with van der Waals surface area (Å²) in [6, 6.07) is 21.3. The lowest BCUT2D eigenvalue weighted by atomic mass is 10.1. The molecule has 0 radical (unpaired) electrons. The number of nitrogens with zero attached hydrogens (tertiary/aromatic N) is 4. The third kappa shape index (κ3) is 7.34. The van der Waals surface area contributed by atoms with Crippen molar-refractivity contribution < 1.29 is 9.53 Å². The van der Waals surface area contributed by atoms with E-state index in [0.29, 0.717) is 50.8 Å². The van der Waals surface area contributed by atoms with Gasteiger partial charge in [-0.1, -0.05) is 59.8 Å². The van der Waals surface area contributed by atoms with Crippen molar-refractivity contribution in [1.29, 1.82) is 5.26 Å². The summed E-state index contributed by atoms with van der Waals surface area (Å²) in [6.07, 6.45) is 4.75. The lowest BCUT2D eigenvalue weighted by Crippen LogP contribution is -2.13. The van der Waals surface area contributed by atoms with E-state index in [1.54, 1.807) is 29.5 Å². The van der Waals surface area contributed by atoms with E-state index in [0.717, 1.165) is 20.5 Å². The molecule has 11 heteroatoms. The number of nitrogens with one attached hydrogen (secondary N) is 2. The van der Waals surface area contributed by atoms with E-state index in [1.165, 1.54) is 31.1 Å². The highest BCUT2D eigenvalue weighted by Gasteiger charge is 2.16. The van der Waals surface area contributed by atoms with Crippen molar-refractivity contribution in [3.8, 4) is 23.1 Å². The summed E-state index contributed by atoms with van der Waals surface area (Å²) >= 11 is 9.77. The van der Waals surface area contributed by atoms with Crippen molar-refractivity contribution in [2.75, 3.05) is 38.4 Å². The molecule has 0 fully saturated rings. The number of carbonyl (C=O) groups is 1. The predicted octanol–water partition coefficient (Wildman–Crippen LogP) is 7.84. The van der Waals surface area contributed by atoms with E-state index < -0.39 is 0 Å². The van der Waals surface area contributed by atoms with E-state index in [9.17, 15) is 10.1 Å². The number of thiazole rings is 1.